The van der Waals surface area contributed by atoms with E-state index in [4.69, 9.17) is 9.47 Å². The van der Waals surface area contributed by atoms with E-state index in [0.717, 1.165) is 5.56 Å². The molecule has 24 heavy (non-hydrogen) atoms. The van der Waals surface area contributed by atoms with Crippen molar-refractivity contribution >= 4 is 11.9 Å². The lowest BCUT2D eigenvalue weighted by molar-refractivity contribution is -0.159. The number of carbonyl (C=O) groups excluding carboxylic acids is 2. The van der Waals surface area contributed by atoms with Crippen LogP contribution in [0.25, 0.3) is 0 Å². The van der Waals surface area contributed by atoms with Crippen molar-refractivity contribution in [3.63, 3.8) is 0 Å². The van der Waals surface area contributed by atoms with Gasteiger partial charge in [-0.25, -0.2) is 0 Å². The minimum Gasteiger partial charge on any atom is -0.460 e. The summed E-state index contributed by atoms with van der Waals surface area (Å²) in [6.07, 6.45) is 0.574. The predicted molar refractivity (Wildman–Crippen MR) is 93.4 cm³/mol. The molecule has 0 saturated carbocycles. The summed E-state index contributed by atoms with van der Waals surface area (Å²) in [7, 11) is 0. The monoisotopic (exact) mass is 335 g/mol. The highest BCUT2D eigenvalue weighted by Crippen LogP contribution is 2.12. The average molecular weight is 335 g/mol. The first-order valence-corrected chi connectivity index (χ1v) is 8.43. The zero-order chi connectivity index (χ0) is 18.2. The van der Waals surface area contributed by atoms with E-state index in [2.05, 4.69) is 0 Å². The Bertz CT molecular complexity index is 522. The third kappa shape index (κ3) is 7.13. The number of esters is 2. The molecular formula is C19H29NO4. The summed E-state index contributed by atoms with van der Waals surface area (Å²) in [4.78, 5) is 26.2. The predicted octanol–water partition coefficient (Wildman–Crippen LogP) is 3.17. The Balaban J connectivity index is 2.63. The maximum Gasteiger partial charge on any atom is 0.323 e. The number of rotatable bonds is 8. The second-order valence-corrected chi connectivity index (χ2v) is 6.67. The molecule has 0 aliphatic rings. The molecule has 5 nitrogen and oxygen atoms in total. The van der Waals surface area contributed by atoms with Crippen LogP contribution in [0.5, 0.6) is 0 Å². The molecule has 5 heteroatoms. The Morgan fingerprint density at radius 3 is 2.25 bits per heavy atom. The van der Waals surface area contributed by atoms with Crippen molar-refractivity contribution in [3.05, 3.63) is 35.9 Å². The summed E-state index contributed by atoms with van der Waals surface area (Å²) < 4.78 is 10.8. The first kappa shape index (κ1) is 20.2. The molecule has 1 aromatic carbocycles. The lowest BCUT2D eigenvalue weighted by Gasteiger charge is -2.29. The van der Waals surface area contributed by atoms with E-state index in [1.165, 1.54) is 0 Å². The summed E-state index contributed by atoms with van der Waals surface area (Å²) in [5.74, 6) is -0.648. The van der Waals surface area contributed by atoms with Gasteiger partial charge in [0.1, 0.15) is 18.2 Å². The molecule has 0 heterocycles. The average Bonchev–Trinajstić information content (AvgIpc) is 2.51. The molecule has 0 bridgehead atoms. The van der Waals surface area contributed by atoms with Crippen molar-refractivity contribution in [1.82, 2.24) is 4.90 Å². The largest absolute Gasteiger partial charge is 0.460 e. The molecule has 134 valence electrons. The lowest BCUT2D eigenvalue weighted by Crippen LogP contribution is -2.45. The van der Waals surface area contributed by atoms with Crippen LogP contribution in [0.2, 0.25) is 0 Å². The number of hydrogen-bond acceptors (Lipinski definition) is 5. The summed E-state index contributed by atoms with van der Waals surface area (Å²) >= 11 is 0. The van der Waals surface area contributed by atoms with Gasteiger partial charge < -0.3 is 9.47 Å². The molecule has 0 unspecified atom stereocenters. The SMILES string of the molecule is CC[C@H](C(=O)OCc1ccccc1)N(CC)CC(=O)OC(C)(C)C. The first-order chi connectivity index (χ1) is 11.3. The van der Waals surface area contributed by atoms with Crippen LogP contribution in [-0.4, -0.2) is 41.6 Å². The molecule has 0 aliphatic heterocycles. The minimum absolute atomic E-state index is 0.0761. The van der Waals surface area contributed by atoms with Crippen LogP contribution in [0.1, 0.15) is 46.6 Å². The first-order valence-electron chi connectivity index (χ1n) is 8.43. The van der Waals surface area contributed by atoms with Crippen molar-refractivity contribution < 1.29 is 19.1 Å². The van der Waals surface area contributed by atoms with Crippen LogP contribution >= 0.6 is 0 Å². The van der Waals surface area contributed by atoms with E-state index in [1.807, 2.05) is 65.0 Å². The zero-order valence-electron chi connectivity index (χ0n) is 15.4. The van der Waals surface area contributed by atoms with Crippen LogP contribution in [0.4, 0.5) is 0 Å². The molecule has 1 rings (SSSR count). The highest BCUT2D eigenvalue weighted by molar-refractivity contribution is 5.78. The molecule has 0 saturated heterocycles. The van der Waals surface area contributed by atoms with Gasteiger partial charge in [0.2, 0.25) is 0 Å². The van der Waals surface area contributed by atoms with E-state index in [0.29, 0.717) is 13.0 Å². The van der Waals surface area contributed by atoms with Gasteiger partial charge in [0.05, 0.1) is 6.54 Å². The van der Waals surface area contributed by atoms with E-state index in [-0.39, 0.29) is 25.1 Å². The number of ether oxygens (including phenoxy) is 2. The molecule has 0 fully saturated rings. The summed E-state index contributed by atoms with van der Waals surface area (Å²) in [6.45, 7) is 10.2. The molecule has 0 amide bonds. The molecule has 0 N–H and O–H groups in total. The van der Waals surface area contributed by atoms with Crippen molar-refractivity contribution in [2.75, 3.05) is 13.1 Å². The fourth-order valence-corrected chi connectivity index (χ4v) is 2.38. The standard InChI is InChI=1S/C19H29NO4/c1-6-16(18(22)23-14-15-11-9-8-10-12-15)20(7-2)13-17(21)24-19(3,4)5/h8-12,16H,6-7,13-14H2,1-5H3/t16-/m1/s1. The van der Waals surface area contributed by atoms with Crippen LogP contribution < -0.4 is 0 Å². The summed E-state index contributed by atoms with van der Waals surface area (Å²) in [6, 6.07) is 9.09. The van der Waals surface area contributed by atoms with Gasteiger partial charge in [-0.2, -0.15) is 0 Å². The van der Waals surface area contributed by atoms with Crippen molar-refractivity contribution in [3.8, 4) is 0 Å². The Morgan fingerprint density at radius 2 is 1.75 bits per heavy atom. The van der Waals surface area contributed by atoms with Crippen LogP contribution in [0.15, 0.2) is 30.3 Å². The van der Waals surface area contributed by atoms with Crippen molar-refractivity contribution in [1.29, 1.82) is 0 Å². The molecule has 0 radical (unpaired) electrons. The van der Waals surface area contributed by atoms with Gasteiger partial charge in [0.25, 0.3) is 0 Å². The number of nitrogens with zero attached hydrogens (tertiary/aromatic N) is 1. The molecular weight excluding hydrogens is 306 g/mol. The van der Waals surface area contributed by atoms with Crippen LogP contribution in [0.3, 0.4) is 0 Å². The van der Waals surface area contributed by atoms with E-state index in [9.17, 15) is 9.59 Å². The lowest BCUT2D eigenvalue weighted by atomic mass is 10.1. The third-order valence-corrected chi connectivity index (χ3v) is 3.48. The van der Waals surface area contributed by atoms with Gasteiger partial charge in [-0.3, -0.25) is 14.5 Å². The van der Waals surface area contributed by atoms with E-state index >= 15 is 0 Å². The zero-order valence-corrected chi connectivity index (χ0v) is 15.4. The number of likely N-dealkylation sites (N-methyl/N-ethyl adjacent to an activating group) is 1. The number of carbonyl (C=O) groups is 2. The van der Waals surface area contributed by atoms with Gasteiger partial charge in [-0.15, -0.1) is 0 Å². The molecule has 0 aromatic heterocycles. The molecule has 1 atom stereocenters. The maximum atomic E-state index is 12.4. The Labute approximate surface area is 144 Å². The highest BCUT2D eigenvalue weighted by Gasteiger charge is 2.28. The number of benzene rings is 1. The Kier molecular flexibility index (Phi) is 7.92. The molecule has 0 aliphatic carbocycles. The Morgan fingerprint density at radius 1 is 1.12 bits per heavy atom. The van der Waals surface area contributed by atoms with Crippen molar-refractivity contribution in [2.24, 2.45) is 0 Å². The summed E-state index contributed by atoms with van der Waals surface area (Å²) in [5, 5.41) is 0. The molecule has 1 aromatic rings. The fraction of sp³-hybridized carbons (Fsp3) is 0.579. The fourth-order valence-electron chi connectivity index (χ4n) is 2.38. The summed E-state index contributed by atoms with van der Waals surface area (Å²) in [5.41, 5.74) is 0.405. The van der Waals surface area contributed by atoms with E-state index in [1.54, 1.807) is 4.90 Å². The van der Waals surface area contributed by atoms with Crippen molar-refractivity contribution in [2.45, 2.75) is 59.3 Å². The van der Waals surface area contributed by atoms with Crippen LogP contribution in [0, 0.1) is 0 Å². The highest BCUT2D eigenvalue weighted by atomic mass is 16.6. The number of hydrogen-bond donors (Lipinski definition) is 0. The maximum absolute atomic E-state index is 12.4. The van der Waals surface area contributed by atoms with Crippen LogP contribution in [-0.2, 0) is 25.7 Å². The quantitative estimate of drug-likeness (QED) is 0.683. The second kappa shape index (κ2) is 9.42. The minimum atomic E-state index is -0.536. The normalized spacial score (nSPS) is 12.8. The van der Waals surface area contributed by atoms with Gasteiger partial charge in [0.15, 0.2) is 0 Å². The third-order valence-electron chi connectivity index (χ3n) is 3.48. The second-order valence-electron chi connectivity index (χ2n) is 6.67. The smallest absolute Gasteiger partial charge is 0.323 e. The van der Waals surface area contributed by atoms with Gasteiger partial charge in [-0.1, -0.05) is 44.2 Å². The topological polar surface area (TPSA) is 55.8 Å². The Hall–Kier alpha value is -1.88. The van der Waals surface area contributed by atoms with Gasteiger partial charge in [0, 0.05) is 0 Å². The molecule has 0 spiro atoms. The van der Waals surface area contributed by atoms with Gasteiger partial charge in [-0.05, 0) is 39.3 Å². The van der Waals surface area contributed by atoms with Gasteiger partial charge >= 0.3 is 11.9 Å². The van der Waals surface area contributed by atoms with E-state index < -0.39 is 11.6 Å².